The summed E-state index contributed by atoms with van der Waals surface area (Å²) in [6, 6.07) is 20.2. The average molecular weight is 653 g/mol. The number of benzene rings is 3. The second kappa shape index (κ2) is 15.6. The molecule has 226 valence electrons. The molecule has 0 aliphatic carbocycles. The van der Waals surface area contributed by atoms with E-state index < -0.39 is 16.1 Å². The minimum absolute atomic E-state index is 0.00949. The second-order valence-electron chi connectivity index (χ2n) is 10.5. The Kier molecular flexibility index (Phi) is 12.5. The highest BCUT2D eigenvalue weighted by Gasteiger charge is 2.31. The fraction of sp³-hybridized carbons (Fsp3) is 0.355. The molecule has 0 aliphatic rings. The molecule has 2 amide bonds. The Bertz CT molecular complexity index is 1430. The maximum absolute atomic E-state index is 13.9. The smallest absolute Gasteiger partial charge is 0.243 e. The summed E-state index contributed by atoms with van der Waals surface area (Å²) in [5, 5.41) is 4.22. The van der Waals surface area contributed by atoms with Gasteiger partial charge in [0.25, 0.3) is 0 Å². The number of sulfonamides is 1. The van der Waals surface area contributed by atoms with Crippen molar-refractivity contribution in [2.24, 2.45) is 5.92 Å². The molecule has 0 fully saturated rings. The Hall–Kier alpha value is -2.78. The van der Waals surface area contributed by atoms with Crippen molar-refractivity contribution in [1.29, 1.82) is 0 Å². The summed E-state index contributed by atoms with van der Waals surface area (Å²) in [5.41, 5.74) is 1.86. The van der Waals surface area contributed by atoms with Crippen LogP contribution in [-0.4, -0.2) is 50.5 Å². The van der Waals surface area contributed by atoms with Gasteiger partial charge >= 0.3 is 0 Å². The van der Waals surface area contributed by atoms with Crippen LogP contribution in [0.1, 0.15) is 37.8 Å². The molecule has 42 heavy (non-hydrogen) atoms. The molecule has 0 unspecified atom stereocenters. The minimum atomic E-state index is -3.63. The van der Waals surface area contributed by atoms with Crippen molar-refractivity contribution >= 4 is 62.3 Å². The second-order valence-corrected chi connectivity index (χ2v) is 13.6. The highest BCUT2D eigenvalue weighted by atomic mass is 35.5. The Labute approximate surface area is 263 Å². The number of hydrogen-bond acceptors (Lipinski definition) is 4. The Morgan fingerprint density at radius 3 is 2.07 bits per heavy atom. The molecule has 0 saturated heterocycles. The number of halogens is 3. The van der Waals surface area contributed by atoms with Gasteiger partial charge in [0.2, 0.25) is 21.8 Å². The lowest BCUT2D eigenvalue weighted by molar-refractivity contribution is -0.141. The third-order valence-corrected chi connectivity index (χ3v) is 8.77. The van der Waals surface area contributed by atoms with Gasteiger partial charge in [-0.15, -0.1) is 0 Å². The van der Waals surface area contributed by atoms with Crippen LogP contribution in [0.15, 0.2) is 72.8 Å². The molecule has 0 radical (unpaired) electrons. The molecule has 3 aromatic carbocycles. The molecular weight excluding hydrogens is 617 g/mol. The Balaban J connectivity index is 1.92. The zero-order valence-corrected chi connectivity index (χ0v) is 27.0. The molecule has 0 bridgehead atoms. The van der Waals surface area contributed by atoms with E-state index in [1.807, 2.05) is 44.2 Å². The molecule has 3 aromatic rings. The normalized spacial score (nSPS) is 12.2. The van der Waals surface area contributed by atoms with Gasteiger partial charge in [0, 0.05) is 53.1 Å². The molecule has 7 nitrogen and oxygen atoms in total. The summed E-state index contributed by atoms with van der Waals surface area (Å²) in [7, 11) is -3.63. The van der Waals surface area contributed by atoms with Gasteiger partial charge in [0.05, 0.1) is 11.9 Å². The van der Waals surface area contributed by atoms with E-state index in [2.05, 4.69) is 5.32 Å². The summed E-state index contributed by atoms with van der Waals surface area (Å²) < 4.78 is 26.4. The van der Waals surface area contributed by atoms with Gasteiger partial charge in [0.1, 0.15) is 6.04 Å². The van der Waals surface area contributed by atoms with Crippen molar-refractivity contribution in [2.45, 2.75) is 45.7 Å². The van der Waals surface area contributed by atoms with Crippen LogP contribution in [0.2, 0.25) is 15.1 Å². The lowest BCUT2D eigenvalue weighted by Gasteiger charge is -2.32. The highest BCUT2D eigenvalue weighted by molar-refractivity contribution is 7.92. The predicted molar refractivity (Wildman–Crippen MR) is 172 cm³/mol. The zero-order valence-electron chi connectivity index (χ0n) is 23.9. The molecule has 0 aliphatic heterocycles. The Morgan fingerprint density at radius 2 is 1.50 bits per heavy atom. The summed E-state index contributed by atoms with van der Waals surface area (Å²) >= 11 is 19.0. The quantitative estimate of drug-likeness (QED) is 0.213. The number of carbonyl (C=O) groups is 2. The lowest BCUT2D eigenvalue weighted by Crippen LogP contribution is -2.51. The third kappa shape index (κ3) is 9.90. The maximum Gasteiger partial charge on any atom is 0.243 e. The Morgan fingerprint density at radius 1 is 0.881 bits per heavy atom. The van der Waals surface area contributed by atoms with Gasteiger partial charge in [0.15, 0.2) is 0 Å². The van der Waals surface area contributed by atoms with Gasteiger partial charge in [-0.1, -0.05) is 85.0 Å². The first-order valence-electron chi connectivity index (χ1n) is 13.6. The number of nitrogens with zero attached hydrogens (tertiary/aromatic N) is 2. The maximum atomic E-state index is 13.9. The number of carbonyl (C=O) groups excluding carboxylic acids is 2. The first-order chi connectivity index (χ1) is 19.9. The van der Waals surface area contributed by atoms with Crippen LogP contribution in [0, 0.1) is 5.92 Å². The SMILES string of the molecule is CC(C)CNC(=O)[C@@H](Cc1ccccc1)N(Cc1c(Cl)cccc1Cl)C(=O)CCCN(c1ccc(Cl)cc1)S(C)(=O)=O. The van der Waals surface area contributed by atoms with E-state index in [1.165, 1.54) is 9.21 Å². The molecule has 0 saturated carbocycles. The number of amides is 2. The molecule has 1 atom stereocenters. The topological polar surface area (TPSA) is 86.8 Å². The number of hydrogen-bond donors (Lipinski definition) is 1. The molecule has 11 heteroatoms. The number of anilines is 1. The highest BCUT2D eigenvalue weighted by Crippen LogP contribution is 2.28. The van der Waals surface area contributed by atoms with Gasteiger partial charge in [-0.05, 0) is 54.3 Å². The van der Waals surface area contributed by atoms with Crippen molar-refractivity contribution in [3.05, 3.63) is 99.0 Å². The van der Waals surface area contributed by atoms with Crippen molar-refractivity contribution in [2.75, 3.05) is 23.7 Å². The fourth-order valence-electron chi connectivity index (χ4n) is 4.44. The van der Waals surface area contributed by atoms with Gasteiger partial charge in [-0.25, -0.2) is 8.42 Å². The third-order valence-electron chi connectivity index (χ3n) is 6.61. The van der Waals surface area contributed by atoms with Gasteiger partial charge < -0.3 is 10.2 Å². The van der Waals surface area contributed by atoms with Crippen molar-refractivity contribution < 1.29 is 18.0 Å². The molecule has 3 rings (SSSR count). The van der Waals surface area contributed by atoms with Crippen LogP contribution in [0.4, 0.5) is 5.69 Å². The van der Waals surface area contributed by atoms with Crippen molar-refractivity contribution in [1.82, 2.24) is 10.2 Å². The fourth-order valence-corrected chi connectivity index (χ4v) is 6.05. The van der Waals surface area contributed by atoms with Crippen LogP contribution in [0.5, 0.6) is 0 Å². The average Bonchev–Trinajstić information content (AvgIpc) is 2.93. The zero-order chi connectivity index (χ0) is 30.9. The molecule has 1 N–H and O–H groups in total. The summed E-state index contributed by atoms with van der Waals surface area (Å²) in [6.45, 7) is 4.51. The van der Waals surface area contributed by atoms with Gasteiger partial charge in [-0.3, -0.25) is 13.9 Å². The van der Waals surface area contributed by atoms with Gasteiger partial charge in [-0.2, -0.15) is 0 Å². The molecular formula is C31H36Cl3N3O4S. The van der Waals surface area contributed by atoms with Crippen molar-refractivity contribution in [3.63, 3.8) is 0 Å². The van der Waals surface area contributed by atoms with Crippen LogP contribution < -0.4 is 9.62 Å². The van der Waals surface area contributed by atoms with Crippen LogP contribution >= 0.6 is 34.8 Å². The first kappa shape index (κ1) is 33.7. The predicted octanol–water partition coefficient (Wildman–Crippen LogP) is 6.61. The standard InChI is InChI=1S/C31H36Cl3N3O4S/c1-22(2)20-35-31(39)29(19-23-9-5-4-6-10-23)36(21-26-27(33)11-7-12-28(26)34)30(38)13-8-18-37(42(3,40)41)25-16-14-24(32)15-17-25/h4-7,9-12,14-17,22,29H,8,13,18-21H2,1-3H3,(H,35,39)/t29-/m1/s1. The van der Waals surface area contributed by atoms with E-state index in [0.717, 1.165) is 11.8 Å². The lowest BCUT2D eigenvalue weighted by atomic mass is 10.0. The van der Waals surface area contributed by atoms with E-state index in [-0.39, 0.29) is 50.1 Å². The van der Waals surface area contributed by atoms with E-state index >= 15 is 0 Å². The summed E-state index contributed by atoms with van der Waals surface area (Å²) in [5.74, 6) is -0.400. The summed E-state index contributed by atoms with van der Waals surface area (Å²) in [6.07, 6.45) is 1.60. The van der Waals surface area contributed by atoms with Crippen molar-refractivity contribution in [3.8, 4) is 0 Å². The van der Waals surface area contributed by atoms with E-state index in [0.29, 0.717) is 32.9 Å². The van der Waals surface area contributed by atoms with Crippen LogP contribution in [0.25, 0.3) is 0 Å². The number of rotatable bonds is 14. The van der Waals surface area contributed by atoms with Crippen LogP contribution in [-0.2, 0) is 32.6 Å². The van der Waals surface area contributed by atoms with E-state index in [1.54, 1.807) is 42.5 Å². The monoisotopic (exact) mass is 651 g/mol. The molecule has 0 aromatic heterocycles. The first-order valence-corrected chi connectivity index (χ1v) is 16.6. The van der Waals surface area contributed by atoms with Crippen LogP contribution in [0.3, 0.4) is 0 Å². The largest absolute Gasteiger partial charge is 0.354 e. The number of nitrogens with one attached hydrogen (secondary N) is 1. The molecule has 0 heterocycles. The minimum Gasteiger partial charge on any atom is -0.354 e. The van der Waals surface area contributed by atoms with E-state index in [4.69, 9.17) is 34.8 Å². The van der Waals surface area contributed by atoms with E-state index in [9.17, 15) is 18.0 Å². The summed E-state index contributed by atoms with van der Waals surface area (Å²) in [4.78, 5) is 29.0. The molecule has 0 spiro atoms.